The van der Waals surface area contributed by atoms with Crippen molar-refractivity contribution in [3.63, 3.8) is 0 Å². The lowest BCUT2D eigenvalue weighted by Crippen LogP contribution is -2.40. The van der Waals surface area contributed by atoms with Gasteiger partial charge in [0.05, 0.1) is 12.0 Å². The van der Waals surface area contributed by atoms with Crippen LogP contribution in [0.5, 0.6) is 0 Å². The second kappa shape index (κ2) is 5.37. The van der Waals surface area contributed by atoms with E-state index in [1.165, 1.54) is 0 Å². The van der Waals surface area contributed by atoms with E-state index in [1.807, 2.05) is 0 Å². The van der Waals surface area contributed by atoms with Crippen molar-refractivity contribution in [2.75, 3.05) is 13.2 Å². The van der Waals surface area contributed by atoms with E-state index in [0.717, 1.165) is 0 Å². The van der Waals surface area contributed by atoms with Gasteiger partial charge in [0, 0.05) is 13.2 Å². The lowest BCUT2D eigenvalue weighted by Gasteiger charge is -2.16. The van der Waals surface area contributed by atoms with E-state index >= 15 is 0 Å². The van der Waals surface area contributed by atoms with Crippen LogP contribution < -0.4 is 5.32 Å². The summed E-state index contributed by atoms with van der Waals surface area (Å²) in [7, 11) is 0. The van der Waals surface area contributed by atoms with Crippen molar-refractivity contribution < 1.29 is 23.4 Å². The first-order valence-electron chi connectivity index (χ1n) is 4.88. The summed E-state index contributed by atoms with van der Waals surface area (Å²) in [6.07, 6.45) is -4.22. The van der Waals surface area contributed by atoms with Crippen molar-refractivity contribution in [2.24, 2.45) is 5.92 Å². The molecule has 1 saturated heterocycles. The van der Waals surface area contributed by atoms with Gasteiger partial charge in [-0.3, -0.25) is 4.79 Å². The Labute approximate surface area is 86.6 Å². The second-order valence-electron chi connectivity index (χ2n) is 3.62. The predicted molar refractivity (Wildman–Crippen MR) is 48.5 cm³/mol. The van der Waals surface area contributed by atoms with Gasteiger partial charge in [-0.25, -0.2) is 8.78 Å². The van der Waals surface area contributed by atoms with E-state index in [4.69, 9.17) is 9.84 Å². The summed E-state index contributed by atoms with van der Waals surface area (Å²) in [6.45, 7) is 1.86. The van der Waals surface area contributed by atoms with Crippen LogP contribution in [0.1, 0.15) is 13.3 Å². The molecule has 1 fully saturated rings. The quantitative estimate of drug-likeness (QED) is 0.713. The largest absolute Gasteiger partial charge is 0.385 e. The van der Waals surface area contributed by atoms with Crippen LogP contribution in [0.3, 0.4) is 0 Å². The van der Waals surface area contributed by atoms with Crippen molar-refractivity contribution >= 4 is 5.91 Å². The number of aliphatic hydroxyl groups is 1. The summed E-state index contributed by atoms with van der Waals surface area (Å²) in [6, 6.07) is 0. The monoisotopic (exact) mass is 223 g/mol. The molecule has 3 unspecified atom stereocenters. The SMILES string of the molecule is CC1OCCC1C(=O)NCC(O)C(F)F. The normalized spacial score (nSPS) is 28.1. The minimum Gasteiger partial charge on any atom is -0.385 e. The Bertz CT molecular complexity index is 225. The van der Waals surface area contributed by atoms with Crippen LogP contribution in [-0.2, 0) is 9.53 Å². The van der Waals surface area contributed by atoms with Gasteiger partial charge >= 0.3 is 0 Å². The van der Waals surface area contributed by atoms with E-state index in [9.17, 15) is 13.6 Å². The number of hydrogen-bond acceptors (Lipinski definition) is 3. The standard InChI is InChI=1S/C9H15F2NO3/c1-5-6(2-3-15-5)9(14)12-4-7(13)8(10)11/h5-8,13H,2-4H2,1H3,(H,12,14). The number of ether oxygens (including phenoxy) is 1. The third-order valence-corrected chi connectivity index (χ3v) is 2.49. The molecule has 1 rings (SSSR count). The maximum Gasteiger partial charge on any atom is 0.265 e. The molecule has 2 N–H and O–H groups in total. The van der Waals surface area contributed by atoms with Gasteiger partial charge in [-0.15, -0.1) is 0 Å². The van der Waals surface area contributed by atoms with Gasteiger partial charge in [0.15, 0.2) is 0 Å². The van der Waals surface area contributed by atoms with E-state index in [1.54, 1.807) is 6.92 Å². The van der Waals surface area contributed by atoms with E-state index in [0.29, 0.717) is 13.0 Å². The van der Waals surface area contributed by atoms with Crippen LogP contribution in [0.2, 0.25) is 0 Å². The number of alkyl halides is 2. The fourth-order valence-electron chi connectivity index (χ4n) is 1.50. The van der Waals surface area contributed by atoms with Crippen molar-refractivity contribution in [1.82, 2.24) is 5.32 Å². The number of aliphatic hydroxyl groups excluding tert-OH is 1. The summed E-state index contributed by atoms with van der Waals surface area (Å²) in [5, 5.41) is 11.1. The van der Waals surface area contributed by atoms with E-state index in [-0.39, 0.29) is 17.9 Å². The Morgan fingerprint density at radius 2 is 2.33 bits per heavy atom. The Kier molecular flexibility index (Phi) is 4.41. The number of carbonyl (C=O) groups excluding carboxylic acids is 1. The first-order chi connectivity index (χ1) is 7.02. The molecule has 0 saturated carbocycles. The fraction of sp³-hybridized carbons (Fsp3) is 0.889. The molecule has 3 atom stereocenters. The molecule has 0 bridgehead atoms. The lowest BCUT2D eigenvalue weighted by molar-refractivity contribution is -0.127. The summed E-state index contributed by atoms with van der Waals surface area (Å²) in [5.74, 6) is -0.630. The first kappa shape index (κ1) is 12.3. The molecule has 1 aliphatic heterocycles. The summed E-state index contributed by atoms with van der Waals surface area (Å²) >= 11 is 0. The highest BCUT2D eigenvalue weighted by Gasteiger charge is 2.31. The van der Waals surface area contributed by atoms with Crippen LogP contribution in [0.25, 0.3) is 0 Å². The van der Waals surface area contributed by atoms with Crippen LogP contribution in [0, 0.1) is 5.92 Å². The zero-order chi connectivity index (χ0) is 11.4. The molecule has 0 aromatic carbocycles. The molecular formula is C9H15F2NO3. The summed E-state index contributed by atoms with van der Waals surface area (Å²) < 4.78 is 29.0. The van der Waals surface area contributed by atoms with E-state index < -0.39 is 19.1 Å². The lowest BCUT2D eigenvalue weighted by atomic mass is 10.0. The van der Waals surface area contributed by atoms with E-state index in [2.05, 4.69) is 5.32 Å². The molecule has 0 aromatic heterocycles. The van der Waals surface area contributed by atoms with Gasteiger partial charge < -0.3 is 15.2 Å². The minimum absolute atomic E-state index is 0.186. The summed E-state index contributed by atoms with van der Waals surface area (Å²) in [4.78, 5) is 11.4. The van der Waals surface area contributed by atoms with Gasteiger partial charge in [0.1, 0.15) is 6.10 Å². The van der Waals surface area contributed by atoms with Crippen molar-refractivity contribution in [3.8, 4) is 0 Å². The molecule has 1 heterocycles. The Balaban J connectivity index is 2.29. The average Bonchev–Trinajstić information content (AvgIpc) is 2.60. The molecule has 0 spiro atoms. The molecule has 0 radical (unpaired) electrons. The molecular weight excluding hydrogens is 208 g/mol. The van der Waals surface area contributed by atoms with Gasteiger partial charge in [-0.2, -0.15) is 0 Å². The Morgan fingerprint density at radius 3 is 2.80 bits per heavy atom. The third-order valence-electron chi connectivity index (χ3n) is 2.49. The highest BCUT2D eigenvalue weighted by atomic mass is 19.3. The molecule has 15 heavy (non-hydrogen) atoms. The zero-order valence-corrected chi connectivity index (χ0v) is 8.45. The van der Waals surface area contributed by atoms with Gasteiger partial charge in [-0.05, 0) is 13.3 Å². The van der Waals surface area contributed by atoms with Gasteiger partial charge in [-0.1, -0.05) is 0 Å². The highest BCUT2D eigenvalue weighted by molar-refractivity contribution is 5.79. The molecule has 1 amide bonds. The maximum absolute atomic E-state index is 11.9. The second-order valence-corrected chi connectivity index (χ2v) is 3.62. The molecule has 0 aromatic rings. The smallest absolute Gasteiger partial charge is 0.265 e. The fourth-order valence-corrected chi connectivity index (χ4v) is 1.50. The predicted octanol–water partition coefficient (Wildman–Crippen LogP) is 0.154. The minimum atomic E-state index is -2.83. The number of amides is 1. The van der Waals surface area contributed by atoms with Crippen molar-refractivity contribution in [1.29, 1.82) is 0 Å². The number of carbonyl (C=O) groups is 1. The van der Waals surface area contributed by atoms with Crippen LogP contribution in [0.15, 0.2) is 0 Å². The van der Waals surface area contributed by atoms with Crippen molar-refractivity contribution in [2.45, 2.75) is 32.0 Å². The van der Waals surface area contributed by atoms with Gasteiger partial charge in [0.2, 0.25) is 5.91 Å². The topological polar surface area (TPSA) is 58.6 Å². The third kappa shape index (κ3) is 3.39. The molecule has 88 valence electrons. The van der Waals surface area contributed by atoms with Gasteiger partial charge in [0.25, 0.3) is 6.43 Å². The Morgan fingerprint density at radius 1 is 1.67 bits per heavy atom. The van der Waals surface area contributed by atoms with Crippen molar-refractivity contribution in [3.05, 3.63) is 0 Å². The first-order valence-corrected chi connectivity index (χ1v) is 4.88. The summed E-state index contributed by atoms with van der Waals surface area (Å²) in [5.41, 5.74) is 0. The molecule has 0 aliphatic carbocycles. The number of rotatable bonds is 4. The zero-order valence-electron chi connectivity index (χ0n) is 8.45. The Hall–Kier alpha value is -0.750. The molecule has 4 nitrogen and oxygen atoms in total. The van der Waals surface area contributed by atoms with Crippen LogP contribution in [-0.4, -0.2) is 42.8 Å². The number of halogens is 2. The number of nitrogens with one attached hydrogen (secondary N) is 1. The highest BCUT2D eigenvalue weighted by Crippen LogP contribution is 2.20. The molecule has 6 heteroatoms. The van der Waals surface area contributed by atoms with Crippen LogP contribution in [0.4, 0.5) is 8.78 Å². The molecule has 1 aliphatic rings. The number of hydrogen-bond donors (Lipinski definition) is 2. The van der Waals surface area contributed by atoms with Crippen LogP contribution >= 0.6 is 0 Å². The average molecular weight is 223 g/mol. The maximum atomic E-state index is 11.9.